The van der Waals surface area contributed by atoms with Crippen molar-refractivity contribution in [1.82, 2.24) is 15.5 Å². The highest BCUT2D eigenvalue weighted by molar-refractivity contribution is 5.80. The number of carbonyl (C=O) groups excluding carboxylic acids is 2. The van der Waals surface area contributed by atoms with E-state index in [-0.39, 0.29) is 24.0 Å². The molecule has 2 fully saturated rings. The Hall–Kier alpha value is -3.10. The predicted octanol–water partition coefficient (Wildman–Crippen LogP) is 5.64. The van der Waals surface area contributed by atoms with Gasteiger partial charge in [0.15, 0.2) is 0 Å². The first-order valence-corrected chi connectivity index (χ1v) is 15.5. The predicted molar refractivity (Wildman–Crippen MR) is 163 cm³/mol. The zero-order valence-electron chi connectivity index (χ0n) is 25.6. The van der Waals surface area contributed by atoms with E-state index in [9.17, 15) is 9.59 Å². The van der Waals surface area contributed by atoms with Crippen LogP contribution in [0.5, 0.6) is 11.5 Å². The van der Waals surface area contributed by atoms with E-state index in [0.29, 0.717) is 38.6 Å². The number of methoxy groups -OCH3 is 1. The number of nitrogens with one attached hydrogen (secondary N) is 2. The van der Waals surface area contributed by atoms with Crippen LogP contribution in [0.2, 0.25) is 0 Å². The molecule has 8 nitrogen and oxygen atoms in total. The van der Waals surface area contributed by atoms with Gasteiger partial charge in [-0.2, -0.15) is 0 Å². The first kappa shape index (κ1) is 30.4. The average Bonchev–Trinajstić information content (AvgIpc) is 3.80. The van der Waals surface area contributed by atoms with Crippen LogP contribution in [0.1, 0.15) is 70.4 Å². The molecule has 0 bridgehead atoms. The van der Waals surface area contributed by atoms with Crippen molar-refractivity contribution in [1.29, 1.82) is 0 Å². The number of ether oxygens (including phenoxy) is 3. The lowest BCUT2D eigenvalue weighted by Gasteiger charge is -2.42. The lowest BCUT2D eigenvalue weighted by atomic mass is 9.69. The van der Waals surface area contributed by atoms with Gasteiger partial charge in [0.2, 0.25) is 5.91 Å². The minimum Gasteiger partial charge on any atom is -0.457 e. The van der Waals surface area contributed by atoms with Gasteiger partial charge in [0, 0.05) is 55.9 Å². The normalized spacial score (nSPS) is 21.1. The van der Waals surface area contributed by atoms with Gasteiger partial charge in [-0.05, 0) is 83.9 Å². The van der Waals surface area contributed by atoms with Crippen LogP contribution in [0.25, 0.3) is 0 Å². The molecular weight excluding hydrogens is 530 g/mol. The molecule has 0 spiro atoms. The molecule has 2 atom stereocenters. The molecule has 1 saturated carbocycles. The molecule has 3 aliphatic rings. The molecule has 1 saturated heterocycles. The number of rotatable bonds is 11. The van der Waals surface area contributed by atoms with Crippen LogP contribution in [-0.4, -0.2) is 68.4 Å². The van der Waals surface area contributed by atoms with Crippen LogP contribution in [0.15, 0.2) is 48.5 Å². The van der Waals surface area contributed by atoms with Gasteiger partial charge < -0.3 is 29.7 Å². The average molecular weight is 578 g/mol. The molecule has 5 rings (SSSR count). The second-order valence-electron chi connectivity index (χ2n) is 13.2. The van der Waals surface area contributed by atoms with Crippen molar-refractivity contribution in [2.75, 3.05) is 39.9 Å². The zero-order chi connectivity index (χ0) is 29.7. The van der Waals surface area contributed by atoms with E-state index < -0.39 is 11.0 Å². The SMILES string of the molecule is COCCCCC1(CNC(=O)C2CC(NCC3CC3)CN(C(=O)OC(C)(C)C)C2)c2ccccc2Oc2ccccc21. The van der Waals surface area contributed by atoms with Gasteiger partial charge in [0.25, 0.3) is 0 Å². The summed E-state index contributed by atoms with van der Waals surface area (Å²) in [5, 5.41) is 7.00. The zero-order valence-corrected chi connectivity index (χ0v) is 25.6. The highest BCUT2D eigenvalue weighted by Crippen LogP contribution is 2.50. The quantitative estimate of drug-likeness (QED) is 0.336. The molecule has 2 heterocycles. The number of carbonyl (C=O) groups is 2. The van der Waals surface area contributed by atoms with Gasteiger partial charge in [-0.15, -0.1) is 0 Å². The van der Waals surface area contributed by atoms with Crippen molar-refractivity contribution >= 4 is 12.0 Å². The molecule has 0 radical (unpaired) electrons. The Bertz CT molecular complexity index is 1190. The lowest BCUT2D eigenvalue weighted by molar-refractivity contribution is -0.127. The topological polar surface area (TPSA) is 89.1 Å². The molecular formula is C34H47N3O5. The summed E-state index contributed by atoms with van der Waals surface area (Å²) in [6.07, 6.45) is 5.54. The van der Waals surface area contributed by atoms with Crippen molar-refractivity contribution in [2.45, 2.75) is 76.4 Å². The standard InChI is InChI=1S/C34H47N3O5/c1-33(2,3)42-32(39)37-21-25(19-26(22-37)35-20-24-15-16-24)31(38)36-23-34(17-9-10-18-40-4)27-11-5-7-13-29(27)41-30-14-8-6-12-28(30)34/h5-8,11-14,24-26,35H,9-10,15-23H2,1-4H3,(H,36,38). The van der Waals surface area contributed by atoms with E-state index in [2.05, 4.69) is 22.8 Å². The molecule has 2 N–H and O–H groups in total. The van der Waals surface area contributed by atoms with Crippen molar-refractivity contribution in [2.24, 2.45) is 11.8 Å². The van der Waals surface area contributed by atoms with Crippen LogP contribution < -0.4 is 15.4 Å². The van der Waals surface area contributed by atoms with Gasteiger partial charge in [-0.25, -0.2) is 4.79 Å². The number of hydrogen-bond acceptors (Lipinski definition) is 6. The first-order valence-electron chi connectivity index (χ1n) is 15.5. The van der Waals surface area contributed by atoms with Crippen LogP contribution in [-0.2, 0) is 19.7 Å². The summed E-state index contributed by atoms with van der Waals surface area (Å²) in [5.74, 6) is 2.00. The third kappa shape index (κ3) is 7.27. The van der Waals surface area contributed by atoms with Crippen molar-refractivity contribution in [3.05, 3.63) is 59.7 Å². The fourth-order valence-electron chi connectivity index (χ4n) is 6.34. The van der Waals surface area contributed by atoms with E-state index in [4.69, 9.17) is 14.2 Å². The summed E-state index contributed by atoms with van der Waals surface area (Å²) in [6.45, 7) is 8.58. The number of hydrogen-bond donors (Lipinski definition) is 2. The van der Waals surface area contributed by atoms with E-state index in [1.807, 2.05) is 57.2 Å². The van der Waals surface area contributed by atoms with Crippen molar-refractivity contribution in [3.8, 4) is 11.5 Å². The summed E-state index contributed by atoms with van der Waals surface area (Å²) >= 11 is 0. The number of amides is 2. The molecule has 2 aromatic rings. The summed E-state index contributed by atoms with van der Waals surface area (Å²) in [4.78, 5) is 28.8. The van der Waals surface area contributed by atoms with Crippen molar-refractivity contribution in [3.63, 3.8) is 0 Å². The fraction of sp³-hybridized carbons (Fsp3) is 0.588. The Balaban J connectivity index is 1.37. The van der Waals surface area contributed by atoms with Gasteiger partial charge in [-0.3, -0.25) is 4.79 Å². The van der Waals surface area contributed by atoms with E-state index in [1.54, 1.807) is 12.0 Å². The number of unbranched alkanes of at least 4 members (excludes halogenated alkanes) is 1. The maximum absolute atomic E-state index is 14.0. The van der Waals surface area contributed by atoms with E-state index in [0.717, 1.165) is 48.4 Å². The highest BCUT2D eigenvalue weighted by Gasteiger charge is 2.43. The van der Waals surface area contributed by atoms with Gasteiger partial charge in [-0.1, -0.05) is 36.4 Å². The first-order chi connectivity index (χ1) is 20.2. The van der Waals surface area contributed by atoms with E-state index in [1.165, 1.54) is 12.8 Å². The molecule has 2 unspecified atom stereocenters. The van der Waals surface area contributed by atoms with Crippen LogP contribution in [0.4, 0.5) is 4.79 Å². The van der Waals surface area contributed by atoms with Crippen molar-refractivity contribution < 1.29 is 23.8 Å². The number of likely N-dealkylation sites (tertiary alicyclic amines) is 1. The number of benzene rings is 2. The number of nitrogens with zero attached hydrogens (tertiary/aromatic N) is 1. The molecule has 0 aromatic heterocycles. The number of para-hydroxylation sites is 2. The molecule has 2 amide bonds. The van der Waals surface area contributed by atoms with E-state index >= 15 is 0 Å². The molecule has 42 heavy (non-hydrogen) atoms. The molecule has 228 valence electrons. The molecule has 2 aromatic carbocycles. The molecule has 2 aliphatic heterocycles. The molecule has 1 aliphatic carbocycles. The van der Waals surface area contributed by atoms with Gasteiger partial charge >= 0.3 is 6.09 Å². The maximum Gasteiger partial charge on any atom is 0.410 e. The van der Waals surface area contributed by atoms with Gasteiger partial charge in [0.05, 0.1) is 5.92 Å². The summed E-state index contributed by atoms with van der Waals surface area (Å²) < 4.78 is 17.4. The lowest BCUT2D eigenvalue weighted by Crippen LogP contribution is -2.56. The second kappa shape index (κ2) is 13.0. The Morgan fingerprint density at radius 3 is 2.29 bits per heavy atom. The smallest absolute Gasteiger partial charge is 0.410 e. The number of fused-ring (bicyclic) bond motifs is 2. The third-order valence-electron chi connectivity index (χ3n) is 8.66. The summed E-state index contributed by atoms with van der Waals surface area (Å²) in [5.41, 5.74) is 1.13. The van der Waals surface area contributed by atoms with Gasteiger partial charge in [0.1, 0.15) is 17.1 Å². The third-order valence-corrected chi connectivity index (χ3v) is 8.66. The molecule has 8 heteroatoms. The largest absolute Gasteiger partial charge is 0.457 e. The highest BCUT2D eigenvalue weighted by atomic mass is 16.6. The van der Waals surface area contributed by atoms with Crippen LogP contribution in [0, 0.1) is 11.8 Å². The summed E-state index contributed by atoms with van der Waals surface area (Å²) in [6, 6.07) is 16.4. The Morgan fingerprint density at radius 1 is 1.00 bits per heavy atom. The second-order valence-corrected chi connectivity index (χ2v) is 13.2. The Kier molecular flexibility index (Phi) is 9.43. The minimum absolute atomic E-state index is 0.0285. The van der Waals surface area contributed by atoms with Crippen LogP contribution in [0.3, 0.4) is 0 Å². The van der Waals surface area contributed by atoms with Crippen LogP contribution >= 0.6 is 0 Å². The maximum atomic E-state index is 14.0. The Morgan fingerprint density at radius 2 is 1.67 bits per heavy atom. The Labute approximate surface area is 250 Å². The minimum atomic E-state index is -0.595. The monoisotopic (exact) mass is 577 g/mol. The summed E-state index contributed by atoms with van der Waals surface area (Å²) in [7, 11) is 1.73. The fourth-order valence-corrected chi connectivity index (χ4v) is 6.34. The number of piperidine rings is 1.